The normalized spacial score (nSPS) is 10.5. The quantitative estimate of drug-likeness (QED) is 0.664. The maximum atomic E-state index is 13.5. The van der Waals surface area contributed by atoms with Crippen molar-refractivity contribution in [3.05, 3.63) is 34.1 Å². The second kappa shape index (κ2) is 6.44. The van der Waals surface area contributed by atoms with Crippen molar-refractivity contribution >= 4 is 50.1 Å². The van der Waals surface area contributed by atoms with Gasteiger partial charge in [-0.3, -0.25) is 10.1 Å². The number of hydrogen-bond donors (Lipinski definition) is 1. The van der Waals surface area contributed by atoms with Crippen LogP contribution in [0.2, 0.25) is 0 Å². The topological polar surface area (TPSA) is 54.9 Å². The molecule has 0 fully saturated rings. The Morgan fingerprint density at radius 3 is 3.05 bits per heavy atom. The van der Waals surface area contributed by atoms with E-state index >= 15 is 0 Å². The van der Waals surface area contributed by atoms with Gasteiger partial charge in [0, 0.05) is 4.47 Å². The molecule has 0 spiro atoms. The van der Waals surface area contributed by atoms with Crippen molar-refractivity contribution in [1.29, 1.82) is 0 Å². The number of benzene rings is 1. The van der Waals surface area contributed by atoms with E-state index in [1.54, 1.807) is 0 Å². The molecule has 4 nitrogen and oxygen atoms in total. The van der Waals surface area contributed by atoms with E-state index in [-0.39, 0.29) is 5.56 Å². The summed E-state index contributed by atoms with van der Waals surface area (Å²) in [6, 6.07) is 4.19. The Bertz CT molecular complexity index is 605. The molecule has 0 bridgehead atoms. The van der Waals surface area contributed by atoms with Crippen LogP contribution in [0.1, 0.15) is 17.3 Å². The fourth-order valence-corrected chi connectivity index (χ4v) is 3.28. The van der Waals surface area contributed by atoms with Crippen molar-refractivity contribution in [3.8, 4) is 0 Å². The predicted octanol–water partition coefficient (Wildman–Crippen LogP) is 3.80. The molecule has 1 aromatic carbocycles. The second-order valence-electron chi connectivity index (χ2n) is 3.38. The number of nitrogens with one attached hydrogen (secondary N) is 1. The molecule has 1 aromatic heterocycles. The number of nitrogens with zero attached hydrogens (tertiary/aromatic N) is 2. The maximum Gasteiger partial charge on any atom is 0.260 e. The lowest BCUT2D eigenvalue weighted by molar-refractivity contribution is 0.102. The first-order valence-electron chi connectivity index (χ1n) is 5.33. The van der Waals surface area contributed by atoms with Gasteiger partial charge in [0.05, 0.1) is 5.56 Å². The van der Waals surface area contributed by atoms with E-state index in [1.165, 1.54) is 41.3 Å². The van der Waals surface area contributed by atoms with Crippen LogP contribution >= 0.6 is 39.0 Å². The number of carbonyl (C=O) groups excluding carboxylic acids is 1. The molecule has 8 heteroatoms. The molecule has 0 saturated carbocycles. The molecule has 1 N–H and O–H groups in total. The van der Waals surface area contributed by atoms with E-state index in [9.17, 15) is 9.18 Å². The molecule has 0 radical (unpaired) electrons. The van der Waals surface area contributed by atoms with Gasteiger partial charge in [-0.25, -0.2) is 4.39 Å². The molecule has 1 amide bonds. The van der Waals surface area contributed by atoms with Crippen molar-refractivity contribution in [2.45, 2.75) is 11.3 Å². The van der Waals surface area contributed by atoms with Crippen LogP contribution in [0.4, 0.5) is 9.52 Å². The zero-order chi connectivity index (χ0) is 13.8. The number of rotatable bonds is 4. The first-order chi connectivity index (χ1) is 9.10. The smallest absolute Gasteiger partial charge is 0.260 e. The van der Waals surface area contributed by atoms with Gasteiger partial charge in [-0.15, -0.1) is 10.2 Å². The van der Waals surface area contributed by atoms with Gasteiger partial charge < -0.3 is 0 Å². The van der Waals surface area contributed by atoms with Gasteiger partial charge in [0.15, 0.2) is 4.34 Å². The fourth-order valence-electron chi connectivity index (χ4n) is 1.28. The Morgan fingerprint density at radius 2 is 2.32 bits per heavy atom. The molecule has 19 heavy (non-hydrogen) atoms. The lowest BCUT2D eigenvalue weighted by atomic mass is 10.2. The third-order valence-electron chi connectivity index (χ3n) is 2.07. The molecular weight excluding hydrogens is 353 g/mol. The minimum Gasteiger partial charge on any atom is -0.296 e. The number of amides is 1. The molecule has 0 atom stereocenters. The molecular formula is C11H9BrFN3OS2. The summed E-state index contributed by atoms with van der Waals surface area (Å²) in [6.45, 7) is 2.00. The highest BCUT2D eigenvalue weighted by atomic mass is 79.9. The highest BCUT2D eigenvalue weighted by Gasteiger charge is 2.14. The number of thioether (sulfide) groups is 1. The Hall–Kier alpha value is -0.990. The van der Waals surface area contributed by atoms with Crippen LogP contribution in [-0.2, 0) is 0 Å². The summed E-state index contributed by atoms with van der Waals surface area (Å²) >= 11 is 6.00. The first-order valence-corrected chi connectivity index (χ1v) is 7.92. The average molecular weight is 362 g/mol. The number of hydrogen-bond acceptors (Lipinski definition) is 5. The largest absolute Gasteiger partial charge is 0.296 e. The van der Waals surface area contributed by atoms with Crippen LogP contribution in [0.5, 0.6) is 0 Å². The Morgan fingerprint density at radius 1 is 1.53 bits per heavy atom. The fraction of sp³-hybridized carbons (Fsp3) is 0.182. The van der Waals surface area contributed by atoms with Gasteiger partial charge in [-0.2, -0.15) is 0 Å². The van der Waals surface area contributed by atoms with Crippen LogP contribution in [0.3, 0.4) is 0 Å². The van der Waals surface area contributed by atoms with Crippen LogP contribution in [0, 0.1) is 5.82 Å². The van der Waals surface area contributed by atoms with Crippen molar-refractivity contribution in [2.24, 2.45) is 0 Å². The van der Waals surface area contributed by atoms with Gasteiger partial charge in [-0.1, -0.05) is 46.0 Å². The summed E-state index contributed by atoms with van der Waals surface area (Å²) in [4.78, 5) is 11.9. The number of carbonyl (C=O) groups is 1. The summed E-state index contributed by atoms with van der Waals surface area (Å²) in [5, 5.41) is 10.6. The molecule has 2 aromatic rings. The molecule has 0 saturated heterocycles. The van der Waals surface area contributed by atoms with Gasteiger partial charge >= 0.3 is 0 Å². The van der Waals surface area contributed by atoms with E-state index in [0.717, 1.165) is 10.1 Å². The minimum absolute atomic E-state index is 0.0331. The zero-order valence-electron chi connectivity index (χ0n) is 9.81. The molecule has 0 aliphatic carbocycles. The third-order valence-corrected chi connectivity index (χ3v) is 4.42. The SMILES string of the molecule is CCSc1nnc(NC(=O)c2cc(Br)ccc2F)s1. The van der Waals surface area contributed by atoms with Crippen molar-refractivity contribution in [1.82, 2.24) is 10.2 Å². The van der Waals surface area contributed by atoms with Gasteiger partial charge in [0.25, 0.3) is 5.91 Å². The van der Waals surface area contributed by atoms with E-state index in [0.29, 0.717) is 9.60 Å². The van der Waals surface area contributed by atoms with E-state index in [2.05, 4.69) is 31.4 Å². The number of aromatic nitrogens is 2. The molecule has 100 valence electrons. The van der Waals surface area contributed by atoms with Crippen LogP contribution in [0.25, 0.3) is 0 Å². The number of halogens is 2. The van der Waals surface area contributed by atoms with Crippen LogP contribution < -0.4 is 5.32 Å². The Kier molecular flexibility index (Phi) is 4.89. The Balaban J connectivity index is 2.13. The highest BCUT2D eigenvalue weighted by molar-refractivity contribution is 9.10. The Labute approximate surface area is 125 Å². The van der Waals surface area contributed by atoms with Crippen LogP contribution in [0.15, 0.2) is 27.0 Å². The van der Waals surface area contributed by atoms with Crippen molar-refractivity contribution in [2.75, 3.05) is 11.1 Å². The molecule has 0 unspecified atom stereocenters. The summed E-state index contributed by atoms with van der Waals surface area (Å²) in [5.41, 5.74) is -0.0331. The molecule has 2 rings (SSSR count). The molecule has 0 aliphatic heterocycles. The summed E-state index contributed by atoms with van der Waals surface area (Å²) in [7, 11) is 0. The average Bonchev–Trinajstić information content (AvgIpc) is 2.80. The van der Waals surface area contributed by atoms with Gasteiger partial charge in [0.1, 0.15) is 5.82 Å². The third kappa shape index (κ3) is 3.74. The lowest BCUT2D eigenvalue weighted by Gasteiger charge is -2.03. The molecule has 0 aliphatic rings. The summed E-state index contributed by atoms with van der Waals surface area (Å²) in [6.07, 6.45) is 0. The summed E-state index contributed by atoms with van der Waals surface area (Å²) in [5.74, 6) is -0.237. The minimum atomic E-state index is -0.576. The first kappa shape index (κ1) is 14.4. The monoisotopic (exact) mass is 361 g/mol. The standard InChI is InChI=1S/C11H9BrFN3OS2/c1-2-18-11-16-15-10(19-11)14-9(17)7-5-6(12)3-4-8(7)13/h3-5H,2H2,1H3,(H,14,15,17). The van der Waals surface area contributed by atoms with E-state index in [4.69, 9.17) is 0 Å². The van der Waals surface area contributed by atoms with Gasteiger partial charge in [0.2, 0.25) is 5.13 Å². The summed E-state index contributed by atoms with van der Waals surface area (Å²) < 4.78 is 14.9. The van der Waals surface area contributed by atoms with Gasteiger partial charge in [-0.05, 0) is 24.0 Å². The number of anilines is 1. The highest BCUT2D eigenvalue weighted by Crippen LogP contribution is 2.25. The second-order valence-corrected chi connectivity index (χ2v) is 6.79. The van der Waals surface area contributed by atoms with E-state index < -0.39 is 11.7 Å². The lowest BCUT2D eigenvalue weighted by Crippen LogP contribution is -2.13. The van der Waals surface area contributed by atoms with E-state index in [1.807, 2.05) is 6.92 Å². The maximum absolute atomic E-state index is 13.5. The van der Waals surface area contributed by atoms with Crippen molar-refractivity contribution in [3.63, 3.8) is 0 Å². The zero-order valence-corrected chi connectivity index (χ0v) is 13.0. The predicted molar refractivity (Wildman–Crippen MR) is 78.4 cm³/mol. The van der Waals surface area contributed by atoms with Crippen LogP contribution in [-0.4, -0.2) is 21.9 Å². The van der Waals surface area contributed by atoms with Crippen molar-refractivity contribution < 1.29 is 9.18 Å². The molecule has 1 heterocycles.